The summed E-state index contributed by atoms with van der Waals surface area (Å²) < 4.78 is 0. The summed E-state index contributed by atoms with van der Waals surface area (Å²) in [4.78, 5) is 11.5. The Morgan fingerprint density at radius 1 is 1.07 bits per heavy atom. The number of carbonyl (C=O) groups is 1. The summed E-state index contributed by atoms with van der Waals surface area (Å²) in [5.41, 5.74) is 5.13. The third-order valence-electron chi connectivity index (χ3n) is 2.83. The fraction of sp³-hybridized carbons (Fsp3) is 0.417. The topological polar surface area (TPSA) is 29.1 Å². The molecule has 0 aromatic heterocycles. The Labute approximate surface area is 106 Å². The van der Waals surface area contributed by atoms with Gasteiger partial charge in [-0.15, -0.1) is 28.3 Å². The molecule has 0 fully saturated rings. The normalized spacial score (nSPS) is 9.40. The third-order valence-corrected chi connectivity index (χ3v) is 2.83. The summed E-state index contributed by atoms with van der Waals surface area (Å²) in [6.07, 6.45) is 0. The van der Waals surface area contributed by atoms with E-state index in [0.717, 1.165) is 11.1 Å². The van der Waals surface area contributed by atoms with Crippen LogP contribution in [0.1, 0.15) is 32.6 Å². The van der Waals surface area contributed by atoms with E-state index in [1.165, 1.54) is 11.1 Å². The molecule has 0 aliphatic rings. The Morgan fingerprint density at radius 2 is 1.60 bits per heavy atom. The number of hydrogen-bond acceptors (Lipinski definition) is 1. The van der Waals surface area contributed by atoms with Gasteiger partial charge in [-0.3, -0.25) is 0 Å². The maximum Gasteiger partial charge on any atom is 2.00 e. The van der Waals surface area contributed by atoms with Crippen LogP contribution in [0.2, 0.25) is 0 Å². The Kier molecular flexibility index (Phi) is 5.23. The van der Waals surface area contributed by atoms with Gasteiger partial charge in [0, 0.05) is 0 Å². The number of rotatable bonds is 1. The van der Waals surface area contributed by atoms with Crippen molar-refractivity contribution in [1.29, 1.82) is 0 Å². The van der Waals surface area contributed by atoms with E-state index in [-0.39, 0.29) is 27.0 Å². The molecule has 0 radical (unpaired) electrons. The van der Waals surface area contributed by atoms with Crippen LogP contribution < -0.4 is 5.32 Å². The minimum atomic E-state index is -0.0614. The Hall–Kier alpha value is -0.622. The van der Waals surface area contributed by atoms with E-state index in [0.29, 0.717) is 5.56 Å². The van der Waals surface area contributed by atoms with E-state index in [9.17, 15) is 4.79 Å². The minimum absolute atomic E-state index is 0. The average molecular weight is 374 g/mol. The van der Waals surface area contributed by atoms with Crippen LogP contribution in [-0.2, 0) is 21.1 Å². The van der Waals surface area contributed by atoms with Crippen LogP contribution in [-0.4, -0.2) is 13.0 Å². The molecule has 0 saturated carbocycles. The summed E-state index contributed by atoms with van der Waals surface area (Å²) in [7, 11) is 1.64. The minimum Gasteiger partial charge on any atom is -0.394 e. The van der Waals surface area contributed by atoms with Crippen molar-refractivity contribution >= 4 is 5.91 Å². The van der Waals surface area contributed by atoms with Crippen LogP contribution in [0.15, 0.2) is 0 Å². The van der Waals surface area contributed by atoms with Crippen LogP contribution >= 0.6 is 0 Å². The molecule has 1 aromatic carbocycles. The monoisotopic (exact) mass is 374 g/mol. The van der Waals surface area contributed by atoms with Crippen molar-refractivity contribution in [1.82, 2.24) is 5.32 Å². The van der Waals surface area contributed by atoms with Gasteiger partial charge in [-0.2, -0.15) is 0 Å². The van der Waals surface area contributed by atoms with E-state index in [1.54, 1.807) is 7.05 Å². The van der Waals surface area contributed by atoms with Crippen LogP contribution in [0.25, 0.3) is 0 Å². The second-order valence-corrected chi connectivity index (χ2v) is 3.58. The zero-order valence-corrected chi connectivity index (χ0v) is 12.7. The van der Waals surface area contributed by atoms with Crippen molar-refractivity contribution in [3.05, 3.63) is 33.9 Å². The number of amides is 1. The summed E-state index contributed by atoms with van der Waals surface area (Å²) in [5, 5.41) is 2.63. The summed E-state index contributed by atoms with van der Waals surface area (Å²) in [6.45, 7) is 8.04. The predicted molar refractivity (Wildman–Crippen MR) is 57.6 cm³/mol. The molecular formula is C12H16NOW+. The van der Waals surface area contributed by atoms with E-state index in [1.807, 2.05) is 20.8 Å². The Bertz CT molecular complexity index is 386. The molecule has 2 nitrogen and oxygen atoms in total. The standard InChI is InChI=1S/C12H16NO.W/c1-7-6-11(12(14)13-5)10(4)9(3)8(7)2;/h1-5H3,(H,13,14);/q-1;+2. The maximum absolute atomic E-state index is 11.5. The first-order chi connectivity index (χ1) is 6.49. The van der Waals surface area contributed by atoms with Crippen molar-refractivity contribution in [2.45, 2.75) is 27.7 Å². The Morgan fingerprint density at radius 3 is 2.07 bits per heavy atom. The van der Waals surface area contributed by atoms with Crippen molar-refractivity contribution in [3.63, 3.8) is 0 Å². The molecule has 0 unspecified atom stereocenters. The van der Waals surface area contributed by atoms with E-state index in [4.69, 9.17) is 0 Å². The first-order valence-electron chi connectivity index (χ1n) is 4.70. The van der Waals surface area contributed by atoms with Gasteiger partial charge < -0.3 is 10.1 Å². The molecular weight excluding hydrogens is 358 g/mol. The molecule has 0 heterocycles. The molecule has 1 rings (SSSR count). The predicted octanol–water partition coefficient (Wildman–Crippen LogP) is 2.08. The van der Waals surface area contributed by atoms with Crippen molar-refractivity contribution in [3.8, 4) is 0 Å². The van der Waals surface area contributed by atoms with Crippen molar-refractivity contribution < 1.29 is 25.9 Å². The van der Waals surface area contributed by atoms with Gasteiger partial charge in [-0.1, -0.05) is 33.3 Å². The van der Waals surface area contributed by atoms with Gasteiger partial charge in [0.1, 0.15) is 0 Å². The molecule has 1 aromatic rings. The van der Waals surface area contributed by atoms with E-state index in [2.05, 4.69) is 18.3 Å². The zero-order valence-electron chi connectivity index (χ0n) is 9.82. The first-order valence-corrected chi connectivity index (χ1v) is 4.70. The van der Waals surface area contributed by atoms with Crippen molar-refractivity contribution in [2.24, 2.45) is 0 Å². The van der Waals surface area contributed by atoms with Gasteiger partial charge in [0.2, 0.25) is 0 Å². The second-order valence-electron chi connectivity index (χ2n) is 3.58. The number of aryl methyl sites for hydroxylation is 1. The summed E-state index contributed by atoms with van der Waals surface area (Å²) >= 11 is 0. The molecule has 0 bridgehead atoms. The largest absolute Gasteiger partial charge is 2.00 e. The zero-order chi connectivity index (χ0) is 10.9. The molecule has 0 atom stereocenters. The quantitative estimate of drug-likeness (QED) is 0.750. The van der Waals surface area contributed by atoms with Gasteiger partial charge in [0.15, 0.2) is 5.91 Å². The SMILES string of the molecule is CNC(=O)c1[c-]c(C)c(C)c(C)c1C.[W+2]. The second kappa shape index (κ2) is 5.46. The Balaban J connectivity index is 0.00000196. The van der Waals surface area contributed by atoms with Crippen LogP contribution in [0.3, 0.4) is 0 Å². The van der Waals surface area contributed by atoms with Gasteiger partial charge in [-0.25, -0.2) is 0 Å². The fourth-order valence-corrected chi connectivity index (χ4v) is 1.48. The van der Waals surface area contributed by atoms with Gasteiger partial charge >= 0.3 is 21.1 Å². The molecule has 0 spiro atoms. The van der Waals surface area contributed by atoms with Crippen molar-refractivity contribution in [2.75, 3.05) is 7.05 Å². The van der Waals surface area contributed by atoms with Gasteiger partial charge in [-0.05, 0) is 7.05 Å². The van der Waals surface area contributed by atoms with Gasteiger partial charge in [0.25, 0.3) is 0 Å². The molecule has 1 N–H and O–H groups in total. The van der Waals surface area contributed by atoms with Gasteiger partial charge in [0.05, 0.1) is 0 Å². The molecule has 80 valence electrons. The summed E-state index contributed by atoms with van der Waals surface area (Å²) in [5.74, 6) is -0.0614. The molecule has 0 aliphatic carbocycles. The number of nitrogens with one attached hydrogen (secondary N) is 1. The number of hydrogen-bond donors (Lipinski definition) is 1. The average Bonchev–Trinajstić information content (AvgIpc) is 2.19. The molecule has 0 saturated heterocycles. The van der Waals surface area contributed by atoms with E-state index < -0.39 is 0 Å². The van der Waals surface area contributed by atoms with Crippen LogP contribution in [0.4, 0.5) is 0 Å². The smallest absolute Gasteiger partial charge is 0.394 e. The van der Waals surface area contributed by atoms with Crippen LogP contribution in [0.5, 0.6) is 0 Å². The molecule has 0 aliphatic heterocycles. The number of benzene rings is 1. The fourth-order valence-electron chi connectivity index (χ4n) is 1.48. The first kappa shape index (κ1) is 14.4. The number of carbonyl (C=O) groups excluding carboxylic acids is 1. The molecule has 15 heavy (non-hydrogen) atoms. The molecule has 3 heteroatoms. The molecule has 1 amide bonds. The maximum atomic E-state index is 11.5. The van der Waals surface area contributed by atoms with Crippen LogP contribution in [0, 0.1) is 33.8 Å². The van der Waals surface area contributed by atoms with E-state index >= 15 is 0 Å². The summed E-state index contributed by atoms with van der Waals surface area (Å²) in [6, 6.07) is 3.12. The third kappa shape index (κ3) is 2.69.